The van der Waals surface area contributed by atoms with Crippen LogP contribution in [0.5, 0.6) is 0 Å². The fraction of sp³-hybridized carbons (Fsp3) is 0.875. The van der Waals surface area contributed by atoms with Crippen LogP contribution in [0.2, 0.25) is 0 Å². The zero-order valence-electron chi connectivity index (χ0n) is 13.3. The molecule has 1 amide bonds. The van der Waals surface area contributed by atoms with Crippen molar-refractivity contribution in [3.05, 3.63) is 0 Å². The van der Waals surface area contributed by atoms with Gasteiger partial charge in [-0.3, -0.25) is 14.5 Å². The number of likely N-dealkylation sites (tertiary alicyclic amines) is 1. The standard InChI is InChI=1S/C16H28N2O3/c1-12-6-3-4-8-14(12)17-15(19)11-18-9-5-7-13(10-18)16(20)21-2/h12-14H,3-11H2,1-2H3,(H,17,19). The van der Waals surface area contributed by atoms with Crippen LogP contribution in [-0.4, -0.2) is 49.6 Å². The summed E-state index contributed by atoms with van der Waals surface area (Å²) in [5.74, 6) is 0.442. The number of carbonyl (C=O) groups excluding carboxylic acids is 2. The first-order valence-electron chi connectivity index (χ1n) is 8.19. The molecular formula is C16H28N2O3. The van der Waals surface area contributed by atoms with E-state index in [0.717, 1.165) is 25.8 Å². The van der Waals surface area contributed by atoms with E-state index >= 15 is 0 Å². The van der Waals surface area contributed by atoms with Crippen molar-refractivity contribution in [2.24, 2.45) is 11.8 Å². The molecule has 3 atom stereocenters. The number of hydrogen-bond donors (Lipinski definition) is 1. The van der Waals surface area contributed by atoms with Crippen LogP contribution < -0.4 is 5.32 Å². The largest absolute Gasteiger partial charge is 0.469 e. The molecular weight excluding hydrogens is 268 g/mol. The van der Waals surface area contributed by atoms with Gasteiger partial charge in [0, 0.05) is 12.6 Å². The predicted octanol–water partition coefficient (Wildman–Crippen LogP) is 1.57. The third-order valence-corrected chi connectivity index (χ3v) is 4.87. The average molecular weight is 296 g/mol. The summed E-state index contributed by atoms with van der Waals surface area (Å²) in [5.41, 5.74) is 0. The van der Waals surface area contributed by atoms with E-state index in [1.807, 2.05) is 0 Å². The van der Waals surface area contributed by atoms with Crippen molar-refractivity contribution >= 4 is 11.9 Å². The lowest BCUT2D eigenvalue weighted by atomic mass is 9.86. The van der Waals surface area contributed by atoms with E-state index in [1.54, 1.807) is 0 Å². The first kappa shape index (κ1) is 16.3. The molecule has 2 aliphatic rings. The van der Waals surface area contributed by atoms with Crippen molar-refractivity contribution in [3.63, 3.8) is 0 Å². The minimum absolute atomic E-state index is 0.0786. The van der Waals surface area contributed by atoms with Crippen molar-refractivity contribution in [2.45, 2.75) is 51.5 Å². The van der Waals surface area contributed by atoms with Crippen LogP contribution >= 0.6 is 0 Å². The lowest BCUT2D eigenvalue weighted by Crippen LogP contribution is -2.48. The molecule has 0 aromatic heterocycles. The quantitative estimate of drug-likeness (QED) is 0.800. The molecule has 0 aromatic carbocycles. The molecule has 1 aliphatic carbocycles. The molecule has 120 valence electrons. The topological polar surface area (TPSA) is 58.6 Å². The van der Waals surface area contributed by atoms with Crippen molar-refractivity contribution in [2.75, 3.05) is 26.7 Å². The van der Waals surface area contributed by atoms with E-state index in [1.165, 1.54) is 26.4 Å². The van der Waals surface area contributed by atoms with Gasteiger partial charge in [0.15, 0.2) is 0 Å². The molecule has 0 radical (unpaired) electrons. The van der Waals surface area contributed by atoms with E-state index in [4.69, 9.17) is 4.74 Å². The number of rotatable bonds is 4. The van der Waals surface area contributed by atoms with Gasteiger partial charge in [0.1, 0.15) is 0 Å². The van der Waals surface area contributed by atoms with E-state index in [-0.39, 0.29) is 17.8 Å². The minimum atomic E-state index is -0.152. The Labute approximate surface area is 127 Å². The van der Waals surface area contributed by atoms with Gasteiger partial charge in [-0.1, -0.05) is 19.8 Å². The van der Waals surface area contributed by atoms with E-state index < -0.39 is 0 Å². The summed E-state index contributed by atoms with van der Waals surface area (Å²) in [6.07, 6.45) is 6.61. The minimum Gasteiger partial charge on any atom is -0.469 e. The number of piperidine rings is 1. The normalized spacial score (nSPS) is 30.7. The van der Waals surface area contributed by atoms with Crippen molar-refractivity contribution in [3.8, 4) is 0 Å². The molecule has 1 N–H and O–H groups in total. The molecule has 1 heterocycles. The summed E-state index contributed by atoms with van der Waals surface area (Å²) < 4.78 is 4.81. The molecule has 21 heavy (non-hydrogen) atoms. The monoisotopic (exact) mass is 296 g/mol. The van der Waals surface area contributed by atoms with Gasteiger partial charge in [0.05, 0.1) is 19.6 Å². The second kappa shape index (κ2) is 7.78. The molecule has 0 bridgehead atoms. The zero-order chi connectivity index (χ0) is 15.2. The van der Waals surface area contributed by atoms with Gasteiger partial charge in [-0.05, 0) is 38.1 Å². The Bertz CT molecular complexity index is 373. The number of amides is 1. The summed E-state index contributed by atoms with van der Waals surface area (Å²) in [6.45, 7) is 4.15. The Morgan fingerprint density at radius 1 is 1.19 bits per heavy atom. The highest BCUT2D eigenvalue weighted by Gasteiger charge is 2.28. The van der Waals surface area contributed by atoms with Crippen molar-refractivity contribution in [1.29, 1.82) is 0 Å². The van der Waals surface area contributed by atoms with Crippen LogP contribution in [0.4, 0.5) is 0 Å². The maximum atomic E-state index is 12.2. The summed E-state index contributed by atoms with van der Waals surface area (Å²) in [6, 6.07) is 0.326. The smallest absolute Gasteiger partial charge is 0.309 e. The van der Waals surface area contributed by atoms with Crippen LogP contribution in [0.25, 0.3) is 0 Å². The van der Waals surface area contributed by atoms with Gasteiger partial charge in [0.2, 0.25) is 5.91 Å². The molecule has 3 unspecified atom stereocenters. The van der Waals surface area contributed by atoms with Crippen molar-refractivity contribution in [1.82, 2.24) is 10.2 Å². The van der Waals surface area contributed by atoms with Gasteiger partial charge in [0.25, 0.3) is 0 Å². The number of ether oxygens (including phenoxy) is 1. The van der Waals surface area contributed by atoms with Gasteiger partial charge in [-0.25, -0.2) is 0 Å². The van der Waals surface area contributed by atoms with Crippen LogP contribution in [0, 0.1) is 11.8 Å². The molecule has 1 aliphatic heterocycles. The Morgan fingerprint density at radius 3 is 2.67 bits per heavy atom. The van der Waals surface area contributed by atoms with Crippen LogP contribution in [0.3, 0.4) is 0 Å². The molecule has 5 nitrogen and oxygen atoms in total. The lowest BCUT2D eigenvalue weighted by Gasteiger charge is -2.33. The Morgan fingerprint density at radius 2 is 1.95 bits per heavy atom. The van der Waals surface area contributed by atoms with E-state index in [9.17, 15) is 9.59 Å². The third kappa shape index (κ3) is 4.70. The molecule has 2 fully saturated rings. The second-order valence-electron chi connectivity index (χ2n) is 6.53. The SMILES string of the molecule is COC(=O)C1CCCN(CC(=O)NC2CCCCC2C)C1. The number of esters is 1. The molecule has 0 spiro atoms. The Kier molecular flexibility index (Phi) is 6.03. The highest BCUT2D eigenvalue weighted by molar-refractivity contribution is 5.78. The fourth-order valence-corrected chi connectivity index (χ4v) is 3.54. The number of nitrogens with one attached hydrogen (secondary N) is 1. The summed E-state index contributed by atoms with van der Waals surface area (Å²) in [4.78, 5) is 25.9. The summed E-state index contributed by atoms with van der Waals surface area (Å²) in [5, 5.41) is 3.18. The maximum absolute atomic E-state index is 12.2. The summed E-state index contributed by atoms with van der Waals surface area (Å²) >= 11 is 0. The Balaban J connectivity index is 1.77. The number of methoxy groups -OCH3 is 1. The Hall–Kier alpha value is -1.10. The van der Waals surface area contributed by atoms with E-state index in [2.05, 4.69) is 17.1 Å². The van der Waals surface area contributed by atoms with Gasteiger partial charge >= 0.3 is 5.97 Å². The highest BCUT2D eigenvalue weighted by Crippen LogP contribution is 2.23. The fourth-order valence-electron chi connectivity index (χ4n) is 3.54. The number of nitrogens with zero attached hydrogens (tertiary/aromatic N) is 1. The van der Waals surface area contributed by atoms with Crippen LogP contribution in [0.1, 0.15) is 45.4 Å². The van der Waals surface area contributed by atoms with Crippen LogP contribution in [0.15, 0.2) is 0 Å². The molecule has 1 saturated heterocycles. The lowest BCUT2D eigenvalue weighted by molar-refractivity contribution is -0.147. The van der Waals surface area contributed by atoms with Crippen molar-refractivity contribution < 1.29 is 14.3 Å². The van der Waals surface area contributed by atoms with E-state index in [0.29, 0.717) is 25.0 Å². The number of carbonyl (C=O) groups is 2. The van der Waals surface area contributed by atoms with Gasteiger partial charge in [-0.2, -0.15) is 0 Å². The first-order valence-corrected chi connectivity index (χ1v) is 8.19. The van der Waals surface area contributed by atoms with Gasteiger partial charge < -0.3 is 10.1 Å². The molecule has 0 aromatic rings. The predicted molar refractivity (Wildman–Crippen MR) is 80.7 cm³/mol. The van der Waals surface area contributed by atoms with Gasteiger partial charge in [-0.15, -0.1) is 0 Å². The molecule has 2 rings (SSSR count). The average Bonchev–Trinajstić information content (AvgIpc) is 2.49. The highest BCUT2D eigenvalue weighted by atomic mass is 16.5. The number of hydrogen-bond acceptors (Lipinski definition) is 4. The third-order valence-electron chi connectivity index (χ3n) is 4.87. The second-order valence-corrected chi connectivity index (χ2v) is 6.53. The molecule has 5 heteroatoms. The maximum Gasteiger partial charge on any atom is 0.309 e. The zero-order valence-corrected chi connectivity index (χ0v) is 13.3. The van der Waals surface area contributed by atoms with Crippen LogP contribution in [-0.2, 0) is 14.3 Å². The summed E-state index contributed by atoms with van der Waals surface area (Å²) in [7, 11) is 1.43. The first-order chi connectivity index (χ1) is 10.1. The molecule has 1 saturated carbocycles.